The molecule has 8 heteroatoms. The normalized spacial score (nSPS) is 29.9. The molecule has 1 aliphatic rings. The number of rotatable bonds is 12. The molecule has 0 aromatic rings. The third-order valence-corrected chi connectivity index (χ3v) is 4.12. The summed E-state index contributed by atoms with van der Waals surface area (Å²) in [7, 11) is 0. The lowest BCUT2D eigenvalue weighted by Crippen LogP contribution is -2.58. The van der Waals surface area contributed by atoms with Crippen LogP contribution in [0.15, 0.2) is 17.8 Å². The van der Waals surface area contributed by atoms with Crippen molar-refractivity contribution in [3.8, 4) is 0 Å². The van der Waals surface area contributed by atoms with Crippen LogP contribution in [0, 0.1) is 0 Å². The molecule has 1 heterocycles. The molecule has 0 spiro atoms. The second kappa shape index (κ2) is 12.2. The predicted molar refractivity (Wildman–Crippen MR) is 89.2 cm³/mol. The maximum atomic E-state index is 9.99. The zero-order chi connectivity index (χ0) is 17.8. The Morgan fingerprint density at radius 1 is 1.12 bits per heavy atom. The monoisotopic (exact) mass is 343 g/mol. The Labute approximate surface area is 142 Å². The maximum Gasteiger partial charge on any atom is 0.169 e. The van der Waals surface area contributed by atoms with Gasteiger partial charge in [-0.2, -0.15) is 0 Å². The number of allylic oxidation sites excluding steroid dienone is 1. The van der Waals surface area contributed by atoms with Crippen LogP contribution in [0.5, 0.6) is 0 Å². The van der Waals surface area contributed by atoms with Crippen LogP contribution in [-0.4, -0.2) is 59.2 Å². The number of hydrogen-bond acceptors (Lipinski definition) is 6. The average molecular weight is 343 g/mol. The summed E-state index contributed by atoms with van der Waals surface area (Å²) in [5.74, 6) is 0. The fraction of sp³-hybridized carbons (Fsp3) is 0.875. The SMILES string of the molecule is C=CCCCCCCCCOC1O[C@H](CO)[C@H](O)[C@H](O)[C@H]1N=[N+]=[N-]. The van der Waals surface area contributed by atoms with E-state index >= 15 is 0 Å². The molecule has 0 aromatic carbocycles. The topological polar surface area (TPSA) is 128 Å². The van der Waals surface area contributed by atoms with Crippen LogP contribution in [0.2, 0.25) is 0 Å². The van der Waals surface area contributed by atoms with Gasteiger partial charge in [0.2, 0.25) is 0 Å². The van der Waals surface area contributed by atoms with Gasteiger partial charge in [0.15, 0.2) is 6.29 Å². The standard InChI is InChI=1S/C16H29N3O5/c1-2-3-4-5-6-7-8-9-10-23-16-13(18-19-17)15(22)14(21)12(11-20)24-16/h2,12-16,20-22H,1,3-11H2/t12-,13-,14+,15-,16?/m1/s1. The number of aliphatic hydroxyl groups excluding tert-OH is 3. The molecule has 1 aliphatic heterocycles. The van der Waals surface area contributed by atoms with Crippen molar-refractivity contribution in [3.05, 3.63) is 23.1 Å². The first-order valence-corrected chi connectivity index (χ1v) is 8.54. The highest BCUT2D eigenvalue weighted by Crippen LogP contribution is 2.24. The van der Waals surface area contributed by atoms with Crippen molar-refractivity contribution in [2.24, 2.45) is 5.11 Å². The molecule has 0 saturated carbocycles. The minimum absolute atomic E-state index is 0.399. The molecule has 8 nitrogen and oxygen atoms in total. The van der Waals surface area contributed by atoms with Gasteiger partial charge in [-0.1, -0.05) is 36.9 Å². The predicted octanol–water partition coefficient (Wildman–Crippen LogP) is 2.04. The Balaban J connectivity index is 2.30. The molecule has 1 unspecified atom stereocenters. The summed E-state index contributed by atoms with van der Waals surface area (Å²) in [6, 6.07) is -1.04. The summed E-state index contributed by atoms with van der Waals surface area (Å²) in [4.78, 5) is 2.66. The number of nitrogens with zero attached hydrogens (tertiary/aromatic N) is 3. The van der Waals surface area contributed by atoms with Crippen molar-refractivity contribution in [3.63, 3.8) is 0 Å². The minimum atomic E-state index is -1.33. The Morgan fingerprint density at radius 2 is 1.79 bits per heavy atom. The molecule has 0 bridgehead atoms. The van der Waals surface area contributed by atoms with Gasteiger partial charge in [0.05, 0.1) is 12.7 Å². The molecule has 3 N–H and O–H groups in total. The van der Waals surface area contributed by atoms with Crippen molar-refractivity contribution in [2.75, 3.05) is 13.2 Å². The van der Waals surface area contributed by atoms with Gasteiger partial charge in [-0.05, 0) is 24.8 Å². The van der Waals surface area contributed by atoms with E-state index in [0.717, 1.165) is 25.7 Å². The Hall–Kier alpha value is -1.15. The lowest BCUT2D eigenvalue weighted by molar-refractivity contribution is -0.265. The maximum absolute atomic E-state index is 9.99. The van der Waals surface area contributed by atoms with Gasteiger partial charge >= 0.3 is 0 Å². The molecule has 0 amide bonds. The highest BCUT2D eigenvalue weighted by atomic mass is 16.7. The van der Waals surface area contributed by atoms with E-state index in [4.69, 9.17) is 15.0 Å². The third-order valence-electron chi connectivity index (χ3n) is 4.12. The largest absolute Gasteiger partial charge is 0.394 e. The number of aliphatic hydroxyl groups is 3. The van der Waals surface area contributed by atoms with Crippen LogP contribution in [0.25, 0.3) is 10.4 Å². The van der Waals surface area contributed by atoms with Gasteiger partial charge in [0, 0.05) is 11.5 Å². The number of unbranched alkanes of at least 4 members (excludes halogenated alkanes) is 6. The zero-order valence-corrected chi connectivity index (χ0v) is 14.0. The highest BCUT2D eigenvalue weighted by Gasteiger charge is 2.44. The molecular formula is C16H29N3O5. The van der Waals surface area contributed by atoms with Crippen molar-refractivity contribution in [2.45, 2.75) is 75.6 Å². The average Bonchev–Trinajstić information content (AvgIpc) is 2.59. The van der Waals surface area contributed by atoms with Gasteiger partial charge in [0.25, 0.3) is 0 Å². The van der Waals surface area contributed by atoms with E-state index in [1.807, 2.05) is 6.08 Å². The molecule has 0 aliphatic carbocycles. The van der Waals surface area contributed by atoms with Gasteiger partial charge in [-0.3, -0.25) is 0 Å². The first-order chi connectivity index (χ1) is 11.7. The van der Waals surface area contributed by atoms with Crippen LogP contribution in [-0.2, 0) is 9.47 Å². The second-order valence-corrected chi connectivity index (χ2v) is 5.97. The Bertz CT molecular complexity index is 403. The van der Waals surface area contributed by atoms with E-state index < -0.39 is 37.3 Å². The van der Waals surface area contributed by atoms with Gasteiger partial charge in [0.1, 0.15) is 18.2 Å². The summed E-state index contributed by atoms with van der Waals surface area (Å²) in [5.41, 5.74) is 8.59. The molecule has 138 valence electrons. The van der Waals surface area contributed by atoms with Gasteiger partial charge in [-0.15, -0.1) is 6.58 Å². The van der Waals surface area contributed by atoms with Crippen molar-refractivity contribution in [1.82, 2.24) is 0 Å². The van der Waals surface area contributed by atoms with Crippen LogP contribution < -0.4 is 0 Å². The lowest BCUT2D eigenvalue weighted by atomic mass is 9.98. The van der Waals surface area contributed by atoms with Gasteiger partial charge in [-0.25, -0.2) is 0 Å². The molecule has 1 fully saturated rings. The van der Waals surface area contributed by atoms with E-state index in [0.29, 0.717) is 6.61 Å². The van der Waals surface area contributed by atoms with E-state index in [2.05, 4.69) is 16.6 Å². The summed E-state index contributed by atoms with van der Waals surface area (Å²) < 4.78 is 11.0. The molecule has 5 atom stereocenters. The van der Waals surface area contributed by atoms with Crippen LogP contribution >= 0.6 is 0 Å². The molecule has 1 rings (SSSR count). The highest BCUT2D eigenvalue weighted by molar-refractivity contribution is 4.93. The Morgan fingerprint density at radius 3 is 2.42 bits per heavy atom. The smallest absolute Gasteiger partial charge is 0.169 e. The van der Waals surface area contributed by atoms with Crippen LogP contribution in [0.4, 0.5) is 0 Å². The fourth-order valence-corrected chi connectivity index (χ4v) is 2.68. The number of azide groups is 1. The van der Waals surface area contributed by atoms with Crippen molar-refractivity contribution in [1.29, 1.82) is 0 Å². The number of ether oxygens (including phenoxy) is 2. The summed E-state index contributed by atoms with van der Waals surface area (Å²) in [6.07, 6.45) is 4.91. The first-order valence-electron chi connectivity index (χ1n) is 8.54. The molecule has 24 heavy (non-hydrogen) atoms. The quantitative estimate of drug-likeness (QED) is 0.164. The molecular weight excluding hydrogens is 314 g/mol. The second-order valence-electron chi connectivity index (χ2n) is 5.97. The van der Waals surface area contributed by atoms with E-state index in [1.165, 1.54) is 19.3 Å². The third kappa shape index (κ3) is 6.76. The van der Waals surface area contributed by atoms with Crippen molar-refractivity contribution >= 4 is 0 Å². The minimum Gasteiger partial charge on any atom is -0.394 e. The van der Waals surface area contributed by atoms with Crippen LogP contribution in [0.3, 0.4) is 0 Å². The van der Waals surface area contributed by atoms with E-state index in [1.54, 1.807) is 0 Å². The van der Waals surface area contributed by atoms with E-state index in [9.17, 15) is 15.3 Å². The summed E-state index contributed by atoms with van der Waals surface area (Å²) in [5, 5.41) is 32.4. The lowest BCUT2D eigenvalue weighted by Gasteiger charge is -2.40. The zero-order valence-electron chi connectivity index (χ0n) is 14.0. The molecule has 0 aromatic heterocycles. The molecule has 1 saturated heterocycles. The fourth-order valence-electron chi connectivity index (χ4n) is 2.68. The molecule has 0 radical (unpaired) electrons. The summed E-state index contributed by atoms with van der Waals surface area (Å²) >= 11 is 0. The Kier molecular flexibility index (Phi) is 10.7. The van der Waals surface area contributed by atoms with Crippen molar-refractivity contribution < 1.29 is 24.8 Å². The van der Waals surface area contributed by atoms with Gasteiger partial charge < -0.3 is 24.8 Å². The van der Waals surface area contributed by atoms with Crippen LogP contribution in [0.1, 0.15) is 44.9 Å². The summed E-state index contributed by atoms with van der Waals surface area (Å²) in [6.45, 7) is 3.64. The number of hydrogen-bond donors (Lipinski definition) is 3. The first kappa shape index (κ1) is 20.9. The van der Waals surface area contributed by atoms with E-state index in [-0.39, 0.29) is 0 Å².